The van der Waals surface area contributed by atoms with Crippen molar-refractivity contribution in [2.24, 2.45) is 0 Å². The smallest absolute Gasteiger partial charge is 0.444 e. The van der Waals surface area contributed by atoms with E-state index in [-0.39, 0.29) is 29.8 Å². The number of benzene rings is 2. The molecule has 10 heteroatoms. The van der Waals surface area contributed by atoms with Gasteiger partial charge >= 0.3 is 17.5 Å². The third-order valence-electron chi connectivity index (χ3n) is 5.94. The van der Waals surface area contributed by atoms with Crippen molar-refractivity contribution >= 4 is 5.69 Å². The van der Waals surface area contributed by atoms with Crippen LogP contribution in [0, 0.1) is 15.9 Å². The summed E-state index contributed by atoms with van der Waals surface area (Å²) in [6.07, 6.45) is 11.8. The van der Waals surface area contributed by atoms with Crippen LogP contribution in [-0.2, 0) is 6.61 Å². The second-order valence-electron chi connectivity index (χ2n) is 8.90. The molecule has 0 aliphatic heterocycles. The van der Waals surface area contributed by atoms with Gasteiger partial charge in [-0.25, -0.2) is 9.18 Å². The highest BCUT2D eigenvalue weighted by molar-refractivity contribution is 5.52. The van der Waals surface area contributed by atoms with Gasteiger partial charge in [0.15, 0.2) is 5.75 Å². The molecule has 0 fully saturated rings. The average Bonchev–Trinajstić information content (AvgIpc) is 3.26. The fourth-order valence-corrected chi connectivity index (χ4v) is 3.87. The summed E-state index contributed by atoms with van der Waals surface area (Å²) in [5.74, 6) is -1.24. The number of nitro benzene ring substituents is 1. The molecule has 0 unspecified atom stereocenters. The predicted molar refractivity (Wildman–Crippen MR) is 137 cm³/mol. The summed E-state index contributed by atoms with van der Waals surface area (Å²) in [5.41, 5.74) is 0.574. The molecule has 1 heterocycles. The van der Waals surface area contributed by atoms with Crippen molar-refractivity contribution in [2.75, 3.05) is 6.61 Å². The van der Waals surface area contributed by atoms with Crippen molar-refractivity contribution in [1.29, 1.82) is 0 Å². The first-order valence-corrected chi connectivity index (χ1v) is 12.9. The van der Waals surface area contributed by atoms with Crippen molar-refractivity contribution in [3.05, 3.63) is 74.5 Å². The van der Waals surface area contributed by atoms with Crippen LogP contribution < -0.4 is 15.2 Å². The lowest BCUT2D eigenvalue weighted by Gasteiger charge is -2.08. The molecule has 0 aliphatic rings. The molecular formula is C27H34FN3O6. The Balaban J connectivity index is 1.51. The Bertz CT molecular complexity index is 1180. The Morgan fingerprint density at radius 2 is 1.59 bits per heavy atom. The van der Waals surface area contributed by atoms with Crippen molar-refractivity contribution in [3.63, 3.8) is 0 Å². The Labute approximate surface area is 215 Å². The van der Waals surface area contributed by atoms with Gasteiger partial charge < -0.3 is 13.9 Å². The van der Waals surface area contributed by atoms with Gasteiger partial charge in [0.25, 0.3) is 0 Å². The summed E-state index contributed by atoms with van der Waals surface area (Å²) in [6.45, 7) is 2.58. The van der Waals surface area contributed by atoms with Gasteiger partial charge in [-0.1, -0.05) is 81.9 Å². The molecule has 200 valence electrons. The van der Waals surface area contributed by atoms with Gasteiger partial charge in [-0.05, 0) is 30.2 Å². The van der Waals surface area contributed by atoms with Crippen LogP contribution in [0.3, 0.4) is 0 Å². The van der Waals surface area contributed by atoms with Crippen LogP contribution >= 0.6 is 0 Å². The van der Waals surface area contributed by atoms with Gasteiger partial charge in [-0.2, -0.15) is 4.68 Å². The first-order chi connectivity index (χ1) is 18.0. The van der Waals surface area contributed by atoms with Crippen LogP contribution in [0.25, 0.3) is 5.69 Å². The van der Waals surface area contributed by atoms with E-state index in [9.17, 15) is 19.3 Å². The number of nitrogens with zero attached hydrogens (tertiary/aromatic N) is 3. The number of hydrogen-bond acceptors (Lipinski definition) is 7. The predicted octanol–water partition coefficient (Wildman–Crippen LogP) is 6.75. The summed E-state index contributed by atoms with van der Waals surface area (Å²) in [4.78, 5) is 23.2. The normalized spacial score (nSPS) is 11.0. The zero-order chi connectivity index (χ0) is 26.5. The SMILES string of the molecule is CCCCCCCCCCCCOc1nn(-c2ccc([N+](=O)[O-])c(OCc3ccc(F)cc3)c2)c(=O)o1. The average molecular weight is 516 g/mol. The molecule has 2 aromatic carbocycles. The lowest BCUT2D eigenvalue weighted by atomic mass is 10.1. The number of halogens is 1. The summed E-state index contributed by atoms with van der Waals surface area (Å²) < 4.78 is 30.3. The van der Waals surface area contributed by atoms with Crippen LogP contribution in [0.5, 0.6) is 11.8 Å². The van der Waals surface area contributed by atoms with Crippen LogP contribution in [0.15, 0.2) is 51.7 Å². The van der Waals surface area contributed by atoms with E-state index in [1.165, 1.54) is 87.4 Å². The standard InChI is InChI=1S/C27H34FN3O6/c1-2-3-4-5-6-7-8-9-10-11-18-35-26-29-30(27(32)37-26)23-16-17-24(31(33)34)25(19-23)36-20-21-12-14-22(28)15-13-21/h12-17,19H,2-11,18,20H2,1H3. The number of hydrogen-bond donors (Lipinski definition) is 0. The van der Waals surface area contributed by atoms with E-state index in [1.807, 2.05) is 0 Å². The molecule has 0 aliphatic carbocycles. The fraction of sp³-hybridized carbons (Fsp3) is 0.481. The molecule has 37 heavy (non-hydrogen) atoms. The maximum atomic E-state index is 13.1. The molecule has 0 N–H and O–H groups in total. The third-order valence-corrected chi connectivity index (χ3v) is 5.94. The zero-order valence-corrected chi connectivity index (χ0v) is 21.2. The number of unbranched alkanes of at least 4 members (excludes halogenated alkanes) is 9. The zero-order valence-electron chi connectivity index (χ0n) is 21.2. The number of aromatic nitrogens is 2. The molecule has 0 saturated heterocycles. The summed E-state index contributed by atoms with van der Waals surface area (Å²) in [5, 5.41) is 15.5. The van der Waals surface area contributed by atoms with Crippen molar-refractivity contribution < 1.29 is 23.2 Å². The first kappa shape index (κ1) is 27.9. The van der Waals surface area contributed by atoms with Crippen LogP contribution in [0.2, 0.25) is 0 Å². The topological polar surface area (TPSA) is 110 Å². The molecule has 0 radical (unpaired) electrons. The molecule has 0 atom stereocenters. The molecular weight excluding hydrogens is 481 g/mol. The van der Waals surface area contributed by atoms with Crippen molar-refractivity contribution in [1.82, 2.24) is 9.78 Å². The lowest BCUT2D eigenvalue weighted by Crippen LogP contribution is -2.13. The Morgan fingerprint density at radius 3 is 2.24 bits per heavy atom. The Hall–Kier alpha value is -3.69. The minimum absolute atomic E-state index is 0.0223. The van der Waals surface area contributed by atoms with E-state index in [0.29, 0.717) is 12.2 Å². The summed E-state index contributed by atoms with van der Waals surface area (Å²) in [6, 6.07) is 9.51. The molecule has 1 aromatic heterocycles. The highest BCUT2D eigenvalue weighted by Gasteiger charge is 2.19. The fourth-order valence-electron chi connectivity index (χ4n) is 3.87. The summed E-state index contributed by atoms with van der Waals surface area (Å²) in [7, 11) is 0. The van der Waals surface area contributed by atoms with E-state index in [0.717, 1.165) is 23.9 Å². The molecule has 0 bridgehead atoms. The van der Waals surface area contributed by atoms with Gasteiger partial charge in [0.1, 0.15) is 12.4 Å². The maximum absolute atomic E-state index is 13.1. The van der Waals surface area contributed by atoms with Gasteiger partial charge in [0, 0.05) is 12.1 Å². The second-order valence-corrected chi connectivity index (χ2v) is 8.90. The van der Waals surface area contributed by atoms with Crippen LogP contribution in [-0.4, -0.2) is 21.3 Å². The van der Waals surface area contributed by atoms with Crippen molar-refractivity contribution in [3.8, 4) is 17.5 Å². The van der Waals surface area contributed by atoms with E-state index in [1.54, 1.807) is 0 Å². The van der Waals surface area contributed by atoms with Gasteiger partial charge in [-0.3, -0.25) is 10.1 Å². The Morgan fingerprint density at radius 1 is 0.946 bits per heavy atom. The van der Waals surface area contributed by atoms with E-state index in [2.05, 4.69) is 12.0 Å². The minimum Gasteiger partial charge on any atom is -0.482 e. The van der Waals surface area contributed by atoms with E-state index < -0.39 is 16.5 Å². The van der Waals surface area contributed by atoms with E-state index in [4.69, 9.17) is 13.9 Å². The lowest BCUT2D eigenvalue weighted by molar-refractivity contribution is -0.385. The molecule has 0 amide bonds. The molecule has 3 rings (SSSR count). The van der Waals surface area contributed by atoms with Gasteiger partial charge in [0.2, 0.25) is 0 Å². The summed E-state index contributed by atoms with van der Waals surface area (Å²) >= 11 is 0. The molecule has 0 spiro atoms. The van der Waals surface area contributed by atoms with Crippen LogP contribution in [0.4, 0.5) is 10.1 Å². The third kappa shape index (κ3) is 9.04. The first-order valence-electron chi connectivity index (χ1n) is 12.9. The van der Waals surface area contributed by atoms with E-state index >= 15 is 0 Å². The van der Waals surface area contributed by atoms with Crippen LogP contribution in [0.1, 0.15) is 76.7 Å². The largest absolute Gasteiger partial charge is 0.482 e. The quantitative estimate of drug-likeness (QED) is 0.111. The minimum atomic E-state index is -0.781. The number of rotatable bonds is 17. The number of nitro groups is 1. The monoisotopic (exact) mass is 515 g/mol. The highest BCUT2D eigenvalue weighted by Crippen LogP contribution is 2.30. The molecule has 9 nitrogen and oxygen atoms in total. The number of ether oxygens (including phenoxy) is 2. The molecule has 3 aromatic rings. The highest BCUT2D eigenvalue weighted by atomic mass is 19.1. The maximum Gasteiger partial charge on any atom is 0.444 e. The van der Waals surface area contributed by atoms with Crippen molar-refractivity contribution in [2.45, 2.75) is 77.7 Å². The Kier molecular flexibility index (Phi) is 11.1. The molecule has 0 saturated carbocycles. The second kappa shape index (κ2) is 14.8. The van der Waals surface area contributed by atoms with Gasteiger partial charge in [-0.15, -0.1) is 0 Å². The van der Waals surface area contributed by atoms with Gasteiger partial charge in [0.05, 0.1) is 17.2 Å².